The second-order valence-corrected chi connectivity index (χ2v) is 3.17. The Hall–Kier alpha value is -1.51. The van der Waals surface area contributed by atoms with Crippen molar-refractivity contribution in [1.82, 2.24) is 0 Å². The van der Waals surface area contributed by atoms with Crippen molar-refractivity contribution in [3.63, 3.8) is 0 Å². The smallest absolute Gasteiger partial charge is 0.122 e. The van der Waals surface area contributed by atoms with Crippen LogP contribution in [0.4, 0.5) is 0 Å². The molecule has 0 saturated carbocycles. The van der Waals surface area contributed by atoms with Gasteiger partial charge in [-0.2, -0.15) is 0 Å². The number of rotatable bonds is 4. The van der Waals surface area contributed by atoms with Gasteiger partial charge >= 0.3 is 0 Å². The zero-order valence-corrected chi connectivity index (χ0v) is 8.73. The van der Waals surface area contributed by atoms with E-state index < -0.39 is 0 Å². The van der Waals surface area contributed by atoms with Crippen LogP contribution in [0, 0.1) is 0 Å². The summed E-state index contributed by atoms with van der Waals surface area (Å²) in [5.41, 5.74) is 0.963. The summed E-state index contributed by atoms with van der Waals surface area (Å²) >= 11 is 0. The van der Waals surface area contributed by atoms with Crippen molar-refractivity contribution in [2.45, 2.75) is 20.0 Å². The molecule has 0 radical (unpaired) electrons. The van der Waals surface area contributed by atoms with Gasteiger partial charge in [-0.05, 0) is 31.5 Å². The van der Waals surface area contributed by atoms with Crippen molar-refractivity contribution in [2.24, 2.45) is 5.16 Å². The van der Waals surface area contributed by atoms with E-state index in [1.165, 1.54) is 0 Å². The van der Waals surface area contributed by atoms with E-state index in [-0.39, 0.29) is 6.10 Å². The molecule has 0 aliphatic carbocycles. The fourth-order valence-corrected chi connectivity index (χ4v) is 0.935. The van der Waals surface area contributed by atoms with Crippen LogP contribution < -0.4 is 4.74 Å². The fraction of sp³-hybridized carbons (Fsp3) is 0.364. The SMILES string of the molecule is COc1cccc(C=NOC(C)C)c1. The van der Waals surface area contributed by atoms with Gasteiger partial charge in [0, 0.05) is 0 Å². The average molecular weight is 193 g/mol. The minimum Gasteiger partial charge on any atom is -0.497 e. The fourth-order valence-electron chi connectivity index (χ4n) is 0.935. The van der Waals surface area contributed by atoms with Crippen LogP contribution in [0.3, 0.4) is 0 Å². The summed E-state index contributed by atoms with van der Waals surface area (Å²) in [4.78, 5) is 5.05. The topological polar surface area (TPSA) is 30.8 Å². The van der Waals surface area contributed by atoms with Gasteiger partial charge in [-0.3, -0.25) is 0 Å². The van der Waals surface area contributed by atoms with Crippen LogP contribution in [0.5, 0.6) is 5.75 Å². The maximum Gasteiger partial charge on any atom is 0.122 e. The highest BCUT2D eigenvalue weighted by Crippen LogP contribution is 2.10. The summed E-state index contributed by atoms with van der Waals surface area (Å²) in [5, 5.41) is 3.84. The maximum absolute atomic E-state index is 5.08. The van der Waals surface area contributed by atoms with Gasteiger partial charge in [-0.1, -0.05) is 17.3 Å². The quantitative estimate of drug-likeness (QED) is 0.543. The van der Waals surface area contributed by atoms with Crippen molar-refractivity contribution >= 4 is 6.21 Å². The molecule has 0 fully saturated rings. The molecule has 0 atom stereocenters. The second kappa shape index (κ2) is 5.27. The van der Waals surface area contributed by atoms with Crippen LogP contribution in [0.1, 0.15) is 19.4 Å². The van der Waals surface area contributed by atoms with Crippen LogP contribution >= 0.6 is 0 Å². The highest BCUT2D eigenvalue weighted by Gasteiger charge is 1.92. The first-order valence-corrected chi connectivity index (χ1v) is 4.55. The van der Waals surface area contributed by atoms with E-state index in [1.54, 1.807) is 13.3 Å². The third-order valence-electron chi connectivity index (χ3n) is 1.57. The zero-order valence-electron chi connectivity index (χ0n) is 8.73. The molecule has 1 rings (SSSR count). The van der Waals surface area contributed by atoms with E-state index in [1.807, 2.05) is 38.1 Å². The van der Waals surface area contributed by atoms with Crippen molar-refractivity contribution in [1.29, 1.82) is 0 Å². The molecule has 1 aromatic carbocycles. The van der Waals surface area contributed by atoms with Crippen LogP contribution in [0.25, 0.3) is 0 Å². The molecule has 76 valence electrons. The normalized spacial score (nSPS) is 10.9. The second-order valence-electron chi connectivity index (χ2n) is 3.17. The van der Waals surface area contributed by atoms with E-state index in [9.17, 15) is 0 Å². The number of hydrogen-bond donors (Lipinski definition) is 0. The van der Waals surface area contributed by atoms with E-state index in [0.717, 1.165) is 11.3 Å². The maximum atomic E-state index is 5.08. The molecule has 0 spiro atoms. The predicted octanol–water partition coefficient (Wildman–Crippen LogP) is 2.45. The zero-order chi connectivity index (χ0) is 10.4. The minimum absolute atomic E-state index is 0.108. The molecule has 3 nitrogen and oxygen atoms in total. The lowest BCUT2D eigenvalue weighted by Crippen LogP contribution is -1.96. The molecule has 0 saturated heterocycles. The molecule has 0 amide bonds. The lowest BCUT2D eigenvalue weighted by molar-refractivity contribution is 0.0874. The van der Waals surface area contributed by atoms with Gasteiger partial charge in [0.25, 0.3) is 0 Å². The summed E-state index contributed by atoms with van der Waals surface area (Å²) in [6, 6.07) is 7.64. The largest absolute Gasteiger partial charge is 0.497 e. The third-order valence-corrected chi connectivity index (χ3v) is 1.57. The highest BCUT2D eigenvalue weighted by molar-refractivity contribution is 5.79. The Labute approximate surface area is 84.3 Å². The summed E-state index contributed by atoms with van der Waals surface area (Å²) < 4.78 is 5.08. The van der Waals surface area contributed by atoms with Gasteiger partial charge in [0.1, 0.15) is 11.9 Å². The number of oxime groups is 1. The minimum atomic E-state index is 0.108. The Kier molecular flexibility index (Phi) is 3.98. The monoisotopic (exact) mass is 193 g/mol. The van der Waals surface area contributed by atoms with Crippen LogP contribution in [0.2, 0.25) is 0 Å². The van der Waals surface area contributed by atoms with Gasteiger partial charge < -0.3 is 9.57 Å². The van der Waals surface area contributed by atoms with E-state index in [2.05, 4.69) is 5.16 Å². The first-order valence-electron chi connectivity index (χ1n) is 4.55. The summed E-state index contributed by atoms with van der Waals surface area (Å²) in [6.45, 7) is 3.87. The third kappa shape index (κ3) is 3.47. The number of ether oxygens (including phenoxy) is 1. The van der Waals surface area contributed by atoms with Crippen molar-refractivity contribution in [3.05, 3.63) is 29.8 Å². The molecule has 0 aliphatic rings. The molecule has 0 N–H and O–H groups in total. The Balaban J connectivity index is 2.62. The molecular formula is C11H15NO2. The Bertz CT molecular complexity index is 308. The van der Waals surface area contributed by atoms with Crippen LogP contribution in [-0.2, 0) is 4.84 Å². The van der Waals surface area contributed by atoms with E-state index in [4.69, 9.17) is 9.57 Å². The van der Waals surface area contributed by atoms with Gasteiger partial charge in [0.2, 0.25) is 0 Å². The Morgan fingerprint density at radius 1 is 1.36 bits per heavy atom. The summed E-state index contributed by atoms with van der Waals surface area (Å²) in [6.07, 6.45) is 1.78. The molecule has 0 aromatic heterocycles. The molecule has 14 heavy (non-hydrogen) atoms. The molecular weight excluding hydrogens is 178 g/mol. The molecule has 0 aliphatic heterocycles. The number of benzene rings is 1. The van der Waals surface area contributed by atoms with Crippen molar-refractivity contribution < 1.29 is 9.57 Å². The lowest BCUT2D eigenvalue weighted by atomic mass is 10.2. The van der Waals surface area contributed by atoms with Crippen molar-refractivity contribution in [2.75, 3.05) is 7.11 Å². The summed E-state index contributed by atoms with van der Waals surface area (Å²) in [5.74, 6) is 0.818. The van der Waals surface area contributed by atoms with Gasteiger partial charge in [0.05, 0.1) is 13.3 Å². The standard InChI is InChI=1S/C11H15NO2/c1-9(2)14-12-8-10-5-4-6-11(7-10)13-3/h4-9H,1-3H3. The first-order chi connectivity index (χ1) is 6.72. The summed E-state index contributed by atoms with van der Waals surface area (Å²) in [7, 11) is 1.64. The molecule has 0 unspecified atom stereocenters. The average Bonchev–Trinajstić information content (AvgIpc) is 2.18. The number of hydrogen-bond acceptors (Lipinski definition) is 3. The predicted molar refractivity (Wildman–Crippen MR) is 56.8 cm³/mol. The van der Waals surface area contributed by atoms with Crippen molar-refractivity contribution in [3.8, 4) is 5.75 Å². The number of nitrogens with zero attached hydrogens (tertiary/aromatic N) is 1. The molecule has 0 bridgehead atoms. The van der Waals surface area contributed by atoms with Crippen LogP contribution in [0.15, 0.2) is 29.4 Å². The molecule has 0 heterocycles. The lowest BCUT2D eigenvalue weighted by Gasteiger charge is -2.01. The first kappa shape index (κ1) is 10.6. The van der Waals surface area contributed by atoms with E-state index >= 15 is 0 Å². The van der Waals surface area contributed by atoms with Gasteiger partial charge in [-0.15, -0.1) is 0 Å². The van der Waals surface area contributed by atoms with Gasteiger partial charge in [-0.25, -0.2) is 0 Å². The molecule has 1 aromatic rings. The number of methoxy groups -OCH3 is 1. The van der Waals surface area contributed by atoms with E-state index in [0.29, 0.717) is 0 Å². The van der Waals surface area contributed by atoms with Crippen LogP contribution in [-0.4, -0.2) is 19.4 Å². The Morgan fingerprint density at radius 3 is 2.79 bits per heavy atom. The molecule has 3 heteroatoms. The van der Waals surface area contributed by atoms with Gasteiger partial charge in [0.15, 0.2) is 0 Å². The highest BCUT2D eigenvalue weighted by atomic mass is 16.6. The Morgan fingerprint density at radius 2 is 2.14 bits per heavy atom.